The molecular formula is C33H28ClF3N8O2S. The van der Waals surface area contributed by atoms with Gasteiger partial charge in [-0.1, -0.05) is 23.7 Å². The number of hydrogen-bond acceptors (Lipinski definition) is 11. The average Bonchev–Trinajstić information content (AvgIpc) is 3.56. The summed E-state index contributed by atoms with van der Waals surface area (Å²) >= 11 is 7.88. The topological polar surface area (TPSA) is 139 Å². The summed E-state index contributed by atoms with van der Waals surface area (Å²) in [6, 6.07) is 7.56. The second-order valence-corrected chi connectivity index (χ2v) is 13.1. The van der Waals surface area contributed by atoms with Gasteiger partial charge in [-0.25, -0.2) is 18.2 Å². The second kappa shape index (κ2) is 12.3. The van der Waals surface area contributed by atoms with Crippen molar-refractivity contribution < 1.29 is 22.6 Å². The highest BCUT2D eigenvalue weighted by molar-refractivity contribution is 7.23. The first-order valence-electron chi connectivity index (χ1n) is 15.0. The van der Waals surface area contributed by atoms with Crippen molar-refractivity contribution in [2.45, 2.75) is 32.0 Å². The monoisotopic (exact) mass is 692 g/mol. The third kappa shape index (κ3) is 5.09. The fourth-order valence-electron chi connectivity index (χ4n) is 6.59. The van der Waals surface area contributed by atoms with Crippen LogP contribution >= 0.6 is 22.9 Å². The number of thiophene rings is 1. The van der Waals surface area contributed by atoms with Gasteiger partial charge in [0.1, 0.15) is 46.8 Å². The SMILES string of the molecule is CC(Oc1nc2c3c(c(Cl)c(-c4ccc(F)c5sc(N)c(C#N)c45)c(F)c3n1)OCCN2Cc1cccnc1N)C1/C(=C\F)CCN1C. The molecule has 0 spiro atoms. The van der Waals surface area contributed by atoms with Crippen LogP contribution in [0.2, 0.25) is 5.02 Å². The highest BCUT2D eigenvalue weighted by Gasteiger charge is 2.35. The minimum absolute atomic E-state index is 0.00529. The van der Waals surface area contributed by atoms with E-state index in [2.05, 4.69) is 9.97 Å². The maximum Gasteiger partial charge on any atom is 0.319 e. The number of nitrogen functional groups attached to an aromatic ring is 2. The summed E-state index contributed by atoms with van der Waals surface area (Å²) in [5, 5.41) is 10.2. The lowest BCUT2D eigenvalue weighted by molar-refractivity contribution is 0.126. The van der Waals surface area contributed by atoms with Crippen molar-refractivity contribution in [3.05, 3.63) is 70.1 Å². The number of hydrogen-bond donors (Lipinski definition) is 2. The number of pyridine rings is 1. The molecule has 5 heterocycles. The fourth-order valence-corrected chi connectivity index (χ4v) is 7.87. The smallest absolute Gasteiger partial charge is 0.319 e. The summed E-state index contributed by atoms with van der Waals surface area (Å²) in [7, 11) is 1.86. The molecule has 7 rings (SSSR count). The molecule has 0 saturated carbocycles. The van der Waals surface area contributed by atoms with E-state index in [0.717, 1.165) is 11.3 Å². The zero-order chi connectivity index (χ0) is 33.9. The Hall–Kier alpha value is -4.84. The molecular weight excluding hydrogens is 665 g/mol. The zero-order valence-electron chi connectivity index (χ0n) is 25.7. The largest absolute Gasteiger partial charge is 0.489 e. The van der Waals surface area contributed by atoms with E-state index in [0.29, 0.717) is 36.2 Å². The van der Waals surface area contributed by atoms with E-state index in [1.54, 1.807) is 19.2 Å². The van der Waals surface area contributed by atoms with Crippen molar-refractivity contribution in [2.75, 3.05) is 43.1 Å². The van der Waals surface area contributed by atoms with Crippen LogP contribution in [0.1, 0.15) is 24.5 Å². The van der Waals surface area contributed by atoms with Gasteiger partial charge in [0.25, 0.3) is 0 Å². The van der Waals surface area contributed by atoms with Gasteiger partial charge in [-0.15, -0.1) is 11.3 Å². The lowest BCUT2D eigenvalue weighted by atomic mass is 9.96. The first-order chi connectivity index (χ1) is 23.1. The molecule has 2 aromatic carbocycles. The van der Waals surface area contributed by atoms with Crippen LogP contribution in [0.5, 0.6) is 11.8 Å². The molecule has 5 aromatic rings. The first-order valence-corrected chi connectivity index (χ1v) is 16.2. The van der Waals surface area contributed by atoms with Crippen LogP contribution in [0.4, 0.5) is 29.8 Å². The Bertz CT molecular complexity index is 2190. The Labute approximate surface area is 282 Å². The van der Waals surface area contributed by atoms with Crippen LogP contribution in [-0.2, 0) is 6.54 Å². The molecule has 0 bridgehead atoms. The van der Waals surface area contributed by atoms with Crippen LogP contribution in [0.25, 0.3) is 32.1 Å². The zero-order valence-corrected chi connectivity index (χ0v) is 27.3. The molecule has 2 aliphatic heterocycles. The van der Waals surface area contributed by atoms with Crippen molar-refractivity contribution in [3.63, 3.8) is 0 Å². The molecule has 2 atom stereocenters. The van der Waals surface area contributed by atoms with Gasteiger partial charge in [0.15, 0.2) is 11.6 Å². The molecule has 246 valence electrons. The van der Waals surface area contributed by atoms with Gasteiger partial charge in [-0.3, -0.25) is 4.90 Å². The number of fused-ring (bicyclic) bond motifs is 1. The third-order valence-electron chi connectivity index (χ3n) is 8.82. The molecule has 0 radical (unpaired) electrons. The number of nitrogens with two attached hydrogens (primary N) is 2. The van der Waals surface area contributed by atoms with E-state index in [9.17, 15) is 14.0 Å². The van der Waals surface area contributed by atoms with Gasteiger partial charge < -0.3 is 25.8 Å². The number of rotatable bonds is 6. The van der Waals surface area contributed by atoms with Crippen LogP contribution in [0.15, 0.2) is 42.4 Å². The van der Waals surface area contributed by atoms with Gasteiger partial charge in [-0.05, 0) is 43.7 Å². The minimum atomic E-state index is -0.866. The maximum absolute atomic E-state index is 17.1. The number of nitriles is 1. The quantitative estimate of drug-likeness (QED) is 0.200. The Morgan fingerprint density at radius 2 is 2.04 bits per heavy atom. The molecule has 2 aliphatic rings. The first kappa shape index (κ1) is 31.7. The predicted molar refractivity (Wildman–Crippen MR) is 180 cm³/mol. The average molecular weight is 693 g/mol. The lowest BCUT2D eigenvalue weighted by Gasteiger charge is -2.28. The Morgan fingerprint density at radius 1 is 1.23 bits per heavy atom. The van der Waals surface area contributed by atoms with Gasteiger partial charge in [0.05, 0.1) is 39.6 Å². The normalized spacial score (nSPS) is 17.9. The number of likely N-dealkylation sites (tertiary alicyclic amines) is 1. The van der Waals surface area contributed by atoms with Gasteiger partial charge in [-0.2, -0.15) is 15.2 Å². The molecule has 1 fully saturated rings. The highest BCUT2D eigenvalue weighted by atomic mass is 35.5. The number of aromatic nitrogens is 3. The number of benzene rings is 2. The van der Waals surface area contributed by atoms with Crippen LogP contribution in [-0.4, -0.2) is 58.7 Å². The molecule has 2 unspecified atom stereocenters. The summed E-state index contributed by atoms with van der Waals surface area (Å²) in [6.45, 7) is 3.06. The van der Waals surface area contributed by atoms with Gasteiger partial charge in [0, 0.05) is 35.8 Å². The van der Waals surface area contributed by atoms with Gasteiger partial charge in [0.2, 0.25) is 0 Å². The number of likely N-dealkylation sites (N-methyl/N-ethyl adjacent to an activating group) is 1. The van der Waals surface area contributed by atoms with Crippen molar-refractivity contribution >= 4 is 60.6 Å². The summed E-state index contributed by atoms with van der Waals surface area (Å²) in [5.74, 6) is -0.784. The number of ether oxygens (including phenoxy) is 2. The summed E-state index contributed by atoms with van der Waals surface area (Å²) in [4.78, 5) is 17.3. The molecule has 1 saturated heterocycles. The molecule has 4 N–H and O–H groups in total. The van der Waals surface area contributed by atoms with E-state index in [4.69, 9.17) is 37.5 Å². The lowest BCUT2D eigenvalue weighted by Crippen LogP contribution is -2.39. The minimum Gasteiger partial charge on any atom is -0.489 e. The number of anilines is 3. The van der Waals surface area contributed by atoms with Crippen molar-refractivity contribution in [2.24, 2.45) is 0 Å². The van der Waals surface area contributed by atoms with Gasteiger partial charge >= 0.3 is 6.01 Å². The van der Waals surface area contributed by atoms with Crippen molar-refractivity contribution in [3.8, 4) is 29.0 Å². The summed E-state index contributed by atoms with van der Waals surface area (Å²) < 4.78 is 58.4. The molecule has 48 heavy (non-hydrogen) atoms. The predicted octanol–water partition coefficient (Wildman–Crippen LogP) is 6.60. The van der Waals surface area contributed by atoms with Crippen molar-refractivity contribution in [1.82, 2.24) is 19.9 Å². The number of halogens is 4. The molecule has 0 aliphatic carbocycles. The second-order valence-electron chi connectivity index (χ2n) is 11.6. The van der Waals surface area contributed by atoms with E-state index >= 15 is 4.39 Å². The maximum atomic E-state index is 17.1. The standard InChI is InChI=1S/C33H28ClF3N8O2S/c1-15(27-16(12-35)7-9-44(27)2)47-33-42-26-23-28(46-11-10-45(32(23)43-33)14-17-4-3-8-41-30(17)39)24(34)22(25(26)37)18-5-6-20(36)29-21(18)19(13-38)31(40)48-29/h3-6,8,12,15,27H,7,9-11,14,40H2,1-2H3,(H2,39,41)/b16-12-. The summed E-state index contributed by atoms with van der Waals surface area (Å²) in [6.07, 6.45) is 2.09. The van der Waals surface area contributed by atoms with Crippen LogP contribution in [0, 0.1) is 23.0 Å². The Morgan fingerprint density at radius 3 is 2.79 bits per heavy atom. The van der Waals surface area contributed by atoms with E-state index in [-0.39, 0.29) is 85.0 Å². The molecule has 10 nitrogen and oxygen atoms in total. The van der Waals surface area contributed by atoms with E-state index in [1.807, 2.05) is 29.0 Å². The Balaban J connectivity index is 1.48. The third-order valence-corrected chi connectivity index (χ3v) is 10.2. The van der Waals surface area contributed by atoms with E-state index < -0.39 is 23.8 Å². The van der Waals surface area contributed by atoms with Crippen molar-refractivity contribution in [1.29, 1.82) is 5.26 Å². The molecule has 0 amide bonds. The van der Waals surface area contributed by atoms with Crippen LogP contribution < -0.4 is 25.8 Å². The van der Waals surface area contributed by atoms with Crippen LogP contribution in [0.3, 0.4) is 0 Å². The molecule has 15 heteroatoms. The number of nitrogens with zero attached hydrogens (tertiary/aromatic N) is 6. The summed E-state index contributed by atoms with van der Waals surface area (Å²) in [5.41, 5.74) is 13.4. The van der Waals surface area contributed by atoms with E-state index in [1.165, 1.54) is 12.1 Å². The Kier molecular flexibility index (Phi) is 8.14. The highest BCUT2D eigenvalue weighted by Crippen LogP contribution is 2.51. The molecule has 3 aromatic heterocycles. The fraction of sp³-hybridized carbons (Fsp3) is 0.273.